The van der Waals surface area contributed by atoms with Gasteiger partial charge in [-0.3, -0.25) is 4.79 Å². The van der Waals surface area contributed by atoms with E-state index in [1.54, 1.807) is 6.07 Å². The smallest absolute Gasteiger partial charge is 0.251 e. The van der Waals surface area contributed by atoms with E-state index in [9.17, 15) is 13.2 Å². The van der Waals surface area contributed by atoms with E-state index in [1.165, 1.54) is 24.3 Å². The van der Waals surface area contributed by atoms with Crippen LogP contribution in [0.5, 0.6) is 0 Å². The molecule has 2 atom stereocenters. The Kier molecular flexibility index (Phi) is 6.72. The van der Waals surface area contributed by atoms with Gasteiger partial charge in [-0.1, -0.05) is 29.8 Å². The zero-order valence-corrected chi connectivity index (χ0v) is 17.1. The van der Waals surface area contributed by atoms with Gasteiger partial charge in [-0.15, -0.1) is 0 Å². The molecule has 0 spiro atoms. The van der Waals surface area contributed by atoms with E-state index in [1.807, 2.05) is 25.1 Å². The molecule has 6 nitrogen and oxygen atoms in total. The first-order valence-electron chi connectivity index (χ1n) is 9.13. The van der Waals surface area contributed by atoms with Crippen molar-refractivity contribution in [3.05, 3.63) is 64.7 Å². The van der Waals surface area contributed by atoms with Gasteiger partial charge in [0.2, 0.25) is 10.0 Å². The quantitative estimate of drug-likeness (QED) is 0.717. The second-order valence-electron chi connectivity index (χ2n) is 6.73. The Balaban J connectivity index is 1.62. The van der Waals surface area contributed by atoms with E-state index < -0.39 is 10.0 Å². The molecule has 0 saturated carbocycles. The minimum Gasteiger partial charge on any atom is -0.377 e. The third kappa shape index (κ3) is 5.11. The number of hydrogen-bond donors (Lipinski definition) is 2. The van der Waals surface area contributed by atoms with Crippen LogP contribution >= 0.6 is 11.6 Å². The Hall–Kier alpha value is -1.93. The molecular formula is C20H23ClN2O4S. The molecule has 150 valence electrons. The lowest BCUT2D eigenvalue weighted by molar-refractivity contribution is 0.0940. The number of hydrogen-bond acceptors (Lipinski definition) is 4. The highest BCUT2D eigenvalue weighted by Gasteiger charge is 2.21. The molecule has 1 aliphatic heterocycles. The van der Waals surface area contributed by atoms with Crippen LogP contribution in [0.2, 0.25) is 5.02 Å². The molecule has 0 aromatic heterocycles. The van der Waals surface area contributed by atoms with Crippen molar-refractivity contribution in [2.75, 3.05) is 13.2 Å². The lowest BCUT2D eigenvalue weighted by Gasteiger charge is -2.16. The third-order valence-electron chi connectivity index (χ3n) is 4.67. The summed E-state index contributed by atoms with van der Waals surface area (Å²) in [5, 5.41) is 3.45. The molecule has 1 aliphatic rings. The summed E-state index contributed by atoms with van der Waals surface area (Å²) in [5.41, 5.74) is 1.19. The maximum absolute atomic E-state index is 12.5. The number of nitrogens with one attached hydrogen (secondary N) is 2. The van der Waals surface area contributed by atoms with Crippen molar-refractivity contribution in [2.24, 2.45) is 0 Å². The molecule has 1 saturated heterocycles. The van der Waals surface area contributed by atoms with Crippen molar-refractivity contribution in [3.63, 3.8) is 0 Å². The van der Waals surface area contributed by atoms with Crippen molar-refractivity contribution < 1.29 is 17.9 Å². The van der Waals surface area contributed by atoms with E-state index in [4.69, 9.17) is 16.3 Å². The van der Waals surface area contributed by atoms with Gasteiger partial charge in [0.05, 0.1) is 17.0 Å². The molecule has 1 heterocycles. The molecule has 2 aromatic rings. The van der Waals surface area contributed by atoms with Crippen LogP contribution in [-0.4, -0.2) is 33.6 Å². The Morgan fingerprint density at radius 2 is 1.93 bits per heavy atom. The predicted molar refractivity (Wildman–Crippen MR) is 108 cm³/mol. The molecule has 3 rings (SSSR count). The number of carbonyl (C=O) groups excluding carboxylic acids is 1. The van der Waals surface area contributed by atoms with E-state index in [0.717, 1.165) is 18.4 Å². The normalized spacial score (nSPS) is 18.0. The molecule has 28 heavy (non-hydrogen) atoms. The Morgan fingerprint density at radius 3 is 2.57 bits per heavy atom. The van der Waals surface area contributed by atoms with E-state index in [2.05, 4.69) is 10.0 Å². The second-order valence-corrected chi connectivity index (χ2v) is 8.90. The number of amides is 1. The van der Waals surface area contributed by atoms with Gasteiger partial charge in [-0.25, -0.2) is 13.1 Å². The van der Waals surface area contributed by atoms with Crippen LogP contribution in [0.25, 0.3) is 0 Å². The van der Waals surface area contributed by atoms with E-state index in [0.29, 0.717) is 17.2 Å². The van der Waals surface area contributed by atoms with Crippen LogP contribution in [0.3, 0.4) is 0 Å². The predicted octanol–water partition coefficient (Wildman–Crippen LogP) is 3.29. The lowest BCUT2D eigenvalue weighted by Crippen LogP contribution is -2.32. The summed E-state index contributed by atoms with van der Waals surface area (Å²) in [4.78, 5) is 12.6. The summed E-state index contributed by atoms with van der Waals surface area (Å²) in [7, 11) is -3.64. The van der Waals surface area contributed by atoms with Crippen molar-refractivity contribution >= 4 is 27.5 Å². The van der Waals surface area contributed by atoms with Crippen LogP contribution in [0.15, 0.2) is 53.4 Å². The third-order valence-corrected chi connectivity index (χ3v) is 6.45. The van der Waals surface area contributed by atoms with Gasteiger partial charge >= 0.3 is 0 Å². The zero-order chi connectivity index (χ0) is 20.1. The van der Waals surface area contributed by atoms with Crippen molar-refractivity contribution in [2.45, 2.75) is 36.8 Å². The standard InChI is InChI=1S/C20H23ClN2O4S/c1-14(18-6-2-3-7-19(18)21)23-20(24)15-8-10-17(11-9-15)28(25,26)22-13-16-5-4-12-27-16/h2-3,6-11,14,16,22H,4-5,12-13H2,1H3,(H,23,24). The zero-order valence-electron chi connectivity index (χ0n) is 15.5. The van der Waals surface area contributed by atoms with Gasteiger partial charge in [0, 0.05) is 23.7 Å². The summed E-state index contributed by atoms with van der Waals surface area (Å²) in [5.74, 6) is -0.302. The van der Waals surface area contributed by atoms with Gasteiger partial charge in [-0.05, 0) is 55.7 Å². The van der Waals surface area contributed by atoms with Crippen molar-refractivity contribution in [1.29, 1.82) is 0 Å². The highest BCUT2D eigenvalue weighted by atomic mass is 35.5. The molecular weight excluding hydrogens is 400 g/mol. The first kappa shape index (κ1) is 20.8. The maximum atomic E-state index is 12.5. The number of rotatable bonds is 7. The first-order chi connectivity index (χ1) is 13.4. The van der Waals surface area contributed by atoms with Gasteiger partial charge in [0.1, 0.15) is 0 Å². The molecule has 1 fully saturated rings. The molecule has 2 N–H and O–H groups in total. The highest BCUT2D eigenvalue weighted by Crippen LogP contribution is 2.22. The fourth-order valence-corrected chi connectivity index (χ4v) is 4.43. The van der Waals surface area contributed by atoms with Crippen LogP contribution in [0.1, 0.15) is 41.7 Å². The summed E-state index contributed by atoms with van der Waals surface area (Å²) in [6, 6.07) is 12.9. The maximum Gasteiger partial charge on any atom is 0.251 e. The van der Waals surface area contributed by atoms with Gasteiger partial charge in [-0.2, -0.15) is 0 Å². The van der Waals surface area contributed by atoms with Crippen LogP contribution in [0, 0.1) is 0 Å². The SMILES string of the molecule is CC(NC(=O)c1ccc(S(=O)(=O)NCC2CCCO2)cc1)c1ccccc1Cl. The van der Waals surface area contributed by atoms with E-state index in [-0.39, 0.29) is 29.5 Å². The summed E-state index contributed by atoms with van der Waals surface area (Å²) in [6.07, 6.45) is 1.72. The second kappa shape index (κ2) is 9.05. The monoisotopic (exact) mass is 422 g/mol. The molecule has 8 heteroatoms. The fraction of sp³-hybridized carbons (Fsp3) is 0.350. The lowest BCUT2D eigenvalue weighted by atomic mass is 10.1. The molecule has 2 aromatic carbocycles. The minimum atomic E-state index is -3.64. The summed E-state index contributed by atoms with van der Waals surface area (Å²) in [6.45, 7) is 2.76. The van der Waals surface area contributed by atoms with Crippen molar-refractivity contribution in [1.82, 2.24) is 10.0 Å². The summed E-state index contributed by atoms with van der Waals surface area (Å²) >= 11 is 6.16. The Labute approximate surface area is 170 Å². The molecule has 0 bridgehead atoms. The number of carbonyl (C=O) groups is 1. The number of sulfonamides is 1. The Bertz CT molecular complexity index is 925. The topological polar surface area (TPSA) is 84.5 Å². The molecule has 2 unspecified atom stereocenters. The van der Waals surface area contributed by atoms with Crippen LogP contribution in [0.4, 0.5) is 0 Å². The van der Waals surface area contributed by atoms with Crippen LogP contribution in [-0.2, 0) is 14.8 Å². The number of halogens is 1. The van der Waals surface area contributed by atoms with Crippen molar-refractivity contribution in [3.8, 4) is 0 Å². The van der Waals surface area contributed by atoms with Gasteiger partial charge in [0.25, 0.3) is 5.91 Å². The molecule has 0 aliphatic carbocycles. The molecule has 1 amide bonds. The minimum absolute atomic E-state index is 0.0777. The fourth-order valence-electron chi connectivity index (χ4n) is 3.06. The Morgan fingerprint density at radius 1 is 1.21 bits per heavy atom. The van der Waals surface area contributed by atoms with Crippen LogP contribution < -0.4 is 10.0 Å². The average Bonchev–Trinajstić information content (AvgIpc) is 3.20. The van der Waals surface area contributed by atoms with Gasteiger partial charge in [0.15, 0.2) is 0 Å². The number of benzene rings is 2. The summed E-state index contributed by atoms with van der Waals surface area (Å²) < 4.78 is 32.8. The van der Waals surface area contributed by atoms with Gasteiger partial charge < -0.3 is 10.1 Å². The highest BCUT2D eigenvalue weighted by molar-refractivity contribution is 7.89. The first-order valence-corrected chi connectivity index (χ1v) is 11.0. The van der Waals surface area contributed by atoms with E-state index >= 15 is 0 Å². The number of ether oxygens (including phenoxy) is 1. The average molecular weight is 423 g/mol. The largest absolute Gasteiger partial charge is 0.377 e. The molecule has 0 radical (unpaired) electrons.